The summed E-state index contributed by atoms with van der Waals surface area (Å²) in [5.74, 6) is 0.146. The minimum Gasteiger partial charge on any atom is -0.740 e. The zero-order valence-electron chi connectivity index (χ0n) is 19.7. The molecule has 184 valence electrons. The van der Waals surface area contributed by atoms with E-state index in [1.54, 1.807) is 19.3 Å². The van der Waals surface area contributed by atoms with Crippen molar-refractivity contribution in [3.63, 3.8) is 0 Å². The molecule has 5 rings (SSSR count). The Labute approximate surface area is 200 Å². The molecule has 2 heterocycles. The molecule has 10 nitrogen and oxygen atoms in total. The third kappa shape index (κ3) is 4.05. The fourth-order valence-corrected chi connectivity index (χ4v) is 6.88. The maximum atomic E-state index is 13.5. The first-order valence-electron chi connectivity index (χ1n) is 11.9. The van der Waals surface area contributed by atoms with Crippen molar-refractivity contribution in [3.05, 3.63) is 45.8 Å². The number of hydroxylamine groups is 1. The number of nitrogens with zero attached hydrogens (tertiary/aromatic N) is 5. The van der Waals surface area contributed by atoms with E-state index in [2.05, 4.69) is 21.4 Å². The fourth-order valence-electron chi connectivity index (χ4n) is 5.55. The lowest BCUT2D eigenvalue weighted by molar-refractivity contribution is 0.242. The van der Waals surface area contributed by atoms with E-state index in [0.717, 1.165) is 54.0 Å². The first-order chi connectivity index (χ1) is 16.3. The highest BCUT2D eigenvalue weighted by Gasteiger charge is 2.37. The second-order valence-electron chi connectivity index (χ2n) is 9.58. The van der Waals surface area contributed by atoms with E-state index in [4.69, 9.17) is 0 Å². The third-order valence-electron chi connectivity index (χ3n) is 7.27. The summed E-state index contributed by atoms with van der Waals surface area (Å²) in [6, 6.07) is 2.14. The quantitative estimate of drug-likeness (QED) is 0.649. The molecule has 1 fully saturated rings. The Morgan fingerprint density at radius 3 is 2.26 bits per heavy atom. The fraction of sp³-hybridized carbons (Fsp3) is 0.565. The number of aromatic nitrogens is 2. The van der Waals surface area contributed by atoms with Crippen LogP contribution in [0, 0.1) is 5.21 Å². The van der Waals surface area contributed by atoms with Crippen molar-refractivity contribution >= 4 is 27.7 Å². The van der Waals surface area contributed by atoms with E-state index in [9.17, 15) is 18.4 Å². The van der Waals surface area contributed by atoms with Crippen LogP contribution in [0.4, 0.5) is 16.3 Å². The number of carbonyl (C=O) groups is 1. The van der Waals surface area contributed by atoms with Crippen molar-refractivity contribution in [2.75, 3.05) is 29.8 Å². The van der Waals surface area contributed by atoms with Gasteiger partial charge in [-0.1, -0.05) is 6.07 Å². The molecule has 1 N–H and O–H groups in total. The van der Waals surface area contributed by atoms with Gasteiger partial charge < -0.3 is 15.4 Å². The summed E-state index contributed by atoms with van der Waals surface area (Å²) >= 11 is 0. The van der Waals surface area contributed by atoms with Crippen LogP contribution in [0.5, 0.6) is 0 Å². The Morgan fingerprint density at radius 2 is 1.71 bits per heavy atom. The van der Waals surface area contributed by atoms with Crippen LogP contribution in [0.3, 0.4) is 0 Å². The zero-order valence-corrected chi connectivity index (χ0v) is 20.5. The predicted octanol–water partition coefficient (Wildman–Crippen LogP) is 2.57. The molecule has 0 spiro atoms. The molecule has 1 aromatic heterocycles. The first-order valence-corrected chi connectivity index (χ1v) is 13.3. The number of anilines is 2. The normalized spacial score (nSPS) is 18.6. The number of hydrogen-bond donors (Lipinski definition) is 1. The van der Waals surface area contributed by atoms with E-state index < -0.39 is 26.8 Å². The van der Waals surface area contributed by atoms with Crippen molar-refractivity contribution in [3.8, 4) is 0 Å². The molecule has 0 unspecified atom stereocenters. The molecule has 1 aromatic carbocycles. The molecule has 2 aliphatic carbocycles. The molecule has 0 bridgehead atoms. The van der Waals surface area contributed by atoms with Crippen molar-refractivity contribution in [1.82, 2.24) is 19.1 Å². The Bertz CT molecular complexity index is 1170. The van der Waals surface area contributed by atoms with Crippen LogP contribution in [-0.2, 0) is 42.9 Å². The van der Waals surface area contributed by atoms with Crippen molar-refractivity contribution in [1.29, 1.82) is 0 Å². The van der Waals surface area contributed by atoms with Gasteiger partial charge in [0.05, 0.1) is 6.04 Å². The molecule has 0 atom stereocenters. The minimum atomic E-state index is -4.70. The van der Waals surface area contributed by atoms with E-state index in [1.807, 2.05) is 7.05 Å². The highest BCUT2D eigenvalue weighted by molar-refractivity contribution is 7.91. The molecule has 3 aliphatic rings. The summed E-state index contributed by atoms with van der Waals surface area (Å²) in [5.41, 5.74) is 5.11. The number of likely N-dealkylation sites (tertiary alicyclic amines) is 1. The smallest absolute Gasteiger partial charge is 0.326 e. The molecular formula is C23H31N6O4S-. The van der Waals surface area contributed by atoms with Crippen molar-refractivity contribution in [2.45, 2.75) is 57.4 Å². The lowest BCUT2D eigenvalue weighted by Gasteiger charge is -2.40. The van der Waals surface area contributed by atoms with Gasteiger partial charge in [0, 0.05) is 25.0 Å². The summed E-state index contributed by atoms with van der Waals surface area (Å²) in [6.45, 7) is 1.38. The molecule has 2 amide bonds. The molecule has 34 heavy (non-hydrogen) atoms. The lowest BCUT2D eigenvalue weighted by atomic mass is 9.99. The van der Waals surface area contributed by atoms with E-state index in [-0.39, 0.29) is 5.82 Å². The zero-order chi connectivity index (χ0) is 24.0. The van der Waals surface area contributed by atoms with Gasteiger partial charge in [-0.3, -0.25) is 9.15 Å². The summed E-state index contributed by atoms with van der Waals surface area (Å²) in [7, 11) is -1.05. The van der Waals surface area contributed by atoms with Crippen LogP contribution in [0.1, 0.15) is 47.9 Å². The molecular weight excluding hydrogens is 456 g/mol. The SMILES string of the molecule is CN1CCC(N(c2ccn(C)n2)S(=O)(=O)N([O-])C(=O)Nc2c3c(cc4c2CCC4)CCC3)CC1. The molecule has 11 heteroatoms. The monoisotopic (exact) mass is 487 g/mol. The van der Waals surface area contributed by atoms with Crippen molar-refractivity contribution in [2.24, 2.45) is 7.05 Å². The molecule has 1 aliphatic heterocycles. The topological polar surface area (TPSA) is 114 Å². The summed E-state index contributed by atoms with van der Waals surface area (Å²) in [6.07, 6.45) is 8.21. The molecule has 1 saturated heterocycles. The van der Waals surface area contributed by atoms with Crippen LogP contribution >= 0.6 is 0 Å². The Kier molecular flexibility index (Phi) is 6.03. The van der Waals surface area contributed by atoms with Gasteiger partial charge in [0.25, 0.3) is 0 Å². The number of aryl methyl sites for hydroxylation is 3. The summed E-state index contributed by atoms with van der Waals surface area (Å²) in [5, 5.41) is 20.1. The first kappa shape index (κ1) is 23.1. The Balaban J connectivity index is 1.45. The van der Waals surface area contributed by atoms with E-state index in [0.29, 0.717) is 31.6 Å². The van der Waals surface area contributed by atoms with Crippen LogP contribution in [0.2, 0.25) is 0 Å². The maximum absolute atomic E-state index is 13.5. The van der Waals surface area contributed by atoms with Gasteiger partial charge in [0.1, 0.15) is 0 Å². The minimum absolute atomic E-state index is 0.146. The number of carbonyl (C=O) groups excluding carboxylic acids is 1. The molecule has 2 aromatic rings. The number of amides is 2. The van der Waals surface area contributed by atoms with Gasteiger partial charge in [-0.2, -0.15) is 13.5 Å². The van der Waals surface area contributed by atoms with Crippen LogP contribution in [-0.4, -0.2) is 59.8 Å². The Morgan fingerprint density at radius 1 is 1.09 bits per heavy atom. The van der Waals surface area contributed by atoms with Crippen LogP contribution < -0.4 is 9.62 Å². The summed E-state index contributed by atoms with van der Waals surface area (Å²) < 4.78 is 29.2. The van der Waals surface area contributed by atoms with E-state index in [1.165, 1.54) is 15.8 Å². The highest BCUT2D eigenvalue weighted by Crippen LogP contribution is 2.39. The number of piperidine rings is 1. The number of nitrogens with one attached hydrogen (secondary N) is 1. The molecule has 0 saturated carbocycles. The number of fused-ring (bicyclic) bond motifs is 2. The van der Waals surface area contributed by atoms with Gasteiger partial charge in [0.15, 0.2) is 5.82 Å². The number of benzene rings is 1. The average Bonchev–Trinajstić information content (AvgIpc) is 3.55. The highest BCUT2D eigenvalue weighted by atomic mass is 32.2. The lowest BCUT2D eigenvalue weighted by Crippen LogP contribution is -2.53. The largest absolute Gasteiger partial charge is 0.740 e. The summed E-state index contributed by atoms with van der Waals surface area (Å²) in [4.78, 5) is 15.2. The Hall–Kier alpha value is -2.63. The maximum Gasteiger partial charge on any atom is 0.326 e. The van der Waals surface area contributed by atoms with Crippen LogP contribution in [0.15, 0.2) is 18.3 Å². The van der Waals surface area contributed by atoms with Crippen LogP contribution in [0.25, 0.3) is 0 Å². The van der Waals surface area contributed by atoms with Gasteiger partial charge in [-0.15, -0.1) is 0 Å². The van der Waals surface area contributed by atoms with Gasteiger partial charge >= 0.3 is 16.2 Å². The second kappa shape index (κ2) is 8.86. The predicted molar refractivity (Wildman–Crippen MR) is 130 cm³/mol. The van der Waals surface area contributed by atoms with E-state index >= 15 is 0 Å². The number of rotatable bonds is 5. The van der Waals surface area contributed by atoms with Gasteiger partial charge in [-0.05, 0) is 93.8 Å². The standard InChI is InChI=1S/C23H31N6O4S/c1-26-12-9-18(10-13-26)28(21-11-14-27(2)25-21)34(32,33)29(31)23(30)24-22-19-7-3-5-16(19)15-17-6-4-8-20(17)22/h11,14-15,18H,3-10,12-13H2,1-2H3,(H,24,30)/q-1. The number of urea groups is 1. The van der Waals surface area contributed by atoms with Crippen molar-refractivity contribution < 1.29 is 13.2 Å². The number of hydrogen-bond acceptors (Lipinski definition) is 6. The van der Waals surface area contributed by atoms with Gasteiger partial charge in [-0.25, -0.2) is 9.10 Å². The second-order valence-corrected chi connectivity index (χ2v) is 11.2. The van der Waals surface area contributed by atoms with Gasteiger partial charge in [0.2, 0.25) is 0 Å². The molecule has 0 radical (unpaired) electrons. The third-order valence-corrected chi connectivity index (χ3v) is 8.84. The average molecular weight is 488 g/mol.